The van der Waals surface area contributed by atoms with E-state index in [1.807, 2.05) is 43.3 Å². The minimum Gasteiger partial charge on any atom is -0.490 e. The largest absolute Gasteiger partial charge is 0.490 e. The number of para-hydroxylation sites is 1. The summed E-state index contributed by atoms with van der Waals surface area (Å²) in [5.41, 5.74) is 1.84. The molecule has 0 spiro atoms. The maximum atomic E-state index is 12.7. The zero-order valence-electron chi connectivity index (χ0n) is 25.5. The molecule has 0 aliphatic heterocycles. The molecular formula is C37H32ClN3O6. The molecule has 238 valence electrons. The Bertz CT molecular complexity index is 1930. The van der Waals surface area contributed by atoms with E-state index in [1.54, 1.807) is 54.6 Å². The van der Waals surface area contributed by atoms with Crippen LogP contribution in [0.4, 0.5) is 5.69 Å². The van der Waals surface area contributed by atoms with Gasteiger partial charge in [0, 0.05) is 22.9 Å². The predicted molar refractivity (Wildman–Crippen MR) is 180 cm³/mol. The Morgan fingerprint density at radius 2 is 1.43 bits per heavy atom. The molecule has 1 aliphatic carbocycles. The molecule has 0 atom stereocenters. The summed E-state index contributed by atoms with van der Waals surface area (Å²) in [5.74, 6) is 0.312. The average molecular weight is 650 g/mol. The van der Waals surface area contributed by atoms with E-state index in [4.69, 9.17) is 21.1 Å². The fourth-order valence-electron chi connectivity index (χ4n) is 5.67. The van der Waals surface area contributed by atoms with E-state index in [2.05, 4.69) is 15.6 Å². The number of carbonyl (C=O) groups is 3. The molecule has 3 N–H and O–H groups in total. The van der Waals surface area contributed by atoms with E-state index in [0.717, 1.165) is 42.2 Å². The first-order valence-electron chi connectivity index (χ1n) is 15.3. The highest BCUT2D eigenvalue weighted by atomic mass is 35.5. The van der Waals surface area contributed by atoms with Crippen molar-refractivity contribution >= 4 is 45.8 Å². The Balaban J connectivity index is 1.01. The molecule has 1 aromatic heterocycles. The van der Waals surface area contributed by atoms with Crippen molar-refractivity contribution in [2.75, 3.05) is 5.32 Å². The van der Waals surface area contributed by atoms with Crippen LogP contribution in [0, 0.1) is 6.92 Å². The van der Waals surface area contributed by atoms with E-state index in [-0.39, 0.29) is 29.3 Å². The van der Waals surface area contributed by atoms with Gasteiger partial charge in [-0.1, -0.05) is 35.9 Å². The van der Waals surface area contributed by atoms with Gasteiger partial charge in [-0.15, -0.1) is 0 Å². The van der Waals surface area contributed by atoms with Crippen molar-refractivity contribution in [3.05, 3.63) is 125 Å². The number of benzene rings is 4. The average Bonchev–Trinajstić information content (AvgIpc) is 3.05. The van der Waals surface area contributed by atoms with E-state index >= 15 is 0 Å². The van der Waals surface area contributed by atoms with Crippen LogP contribution in [0.1, 0.15) is 62.5 Å². The van der Waals surface area contributed by atoms with Gasteiger partial charge in [0.05, 0.1) is 17.4 Å². The van der Waals surface area contributed by atoms with E-state index in [9.17, 15) is 19.5 Å². The van der Waals surface area contributed by atoms with Crippen LogP contribution in [0.3, 0.4) is 0 Å². The maximum absolute atomic E-state index is 12.7. The summed E-state index contributed by atoms with van der Waals surface area (Å²) in [6, 6.07) is 28.0. The third-order valence-electron chi connectivity index (χ3n) is 8.04. The lowest BCUT2D eigenvalue weighted by atomic mass is 9.92. The number of aryl methyl sites for hydroxylation is 1. The van der Waals surface area contributed by atoms with Crippen LogP contribution in [-0.2, 0) is 0 Å². The highest BCUT2D eigenvalue weighted by Gasteiger charge is 2.24. The first-order chi connectivity index (χ1) is 22.7. The number of anilines is 1. The number of nitrogens with zero attached hydrogens (tertiary/aromatic N) is 1. The van der Waals surface area contributed by atoms with Gasteiger partial charge in [-0.25, -0.2) is 9.78 Å². The van der Waals surface area contributed by atoms with Crippen molar-refractivity contribution in [2.45, 2.75) is 44.8 Å². The van der Waals surface area contributed by atoms with Gasteiger partial charge in [0.1, 0.15) is 22.4 Å². The number of pyridine rings is 1. The van der Waals surface area contributed by atoms with Gasteiger partial charge in [-0.3, -0.25) is 9.59 Å². The van der Waals surface area contributed by atoms with Crippen molar-refractivity contribution in [3.8, 4) is 17.2 Å². The standard InChI is InChI=1S/C37H32ClN3O6/c1-22-18-26(21-34(38)39-22)36(43)40-27-10-16-29(17-11-27)47-31-15-9-24-19-30(14-8-25(24)20-31)46-28-12-6-23(7-13-28)35(42)41-33-5-3-2-4-32(33)37(44)45/h2-9,12-15,18-21,27,29H,10-11,16-17H2,1H3,(H,40,43)(H,41,42)(H,44,45). The van der Waals surface area contributed by atoms with Gasteiger partial charge in [0.2, 0.25) is 0 Å². The summed E-state index contributed by atoms with van der Waals surface area (Å²) < 4.78 is 12.4. The molecule has 1 fully saturated rings. The number of hydrogen-bond donors (Lipinski definition) is 3. The van der Waals surface area contributed by atoms with E-state index in [0.29, 0.717) is 33.5 Å². The van der Waals surface area contributed by atoms with E-state index < -0.39 is 11.9 Å². The molecular weight excluding hydrogens is 618 g/mol. The Labute approximate surface area is 276 Å². The second-order valence-corrected chi connectivity index (χ2v) is 11.9. The molecule has 5 aromatic rings. The quantitative estimate of drug-likeness (QED) is 0.138. The number of aromatic nitrogens is 1. The van der Waals surface area contributed by atoms with Crippen LogP contribution in [-0.4, -0.2) is 40.0 Å². The number of nitrogens with one attached hydrogen (secondary N) is 2. The second kappa shape index (κ2) is 13.9. The normalized spacial score (nSPS) is 15.9. The Morgan fingerprint density at radius 3 is 2.13 bits per heavy atom. The minimum atomic E-state index is -1.12. The van der Waals surface area contributed by atoms with Gasteiger partial charge in [0.15, 0.2) is 0 Å². The highest BCUT2D eigenvalue weighted by Crippen LogP contribution is 2.30. The van der Waals surface area contributed by atoms with Crippen molar-refractivity contribution in [3.63, 3.8) is 0 Å². The molecule has 6 rings (SSSR count). The fourth-order valence-corrected chi connectivity index (χ4v) is 5.92. The molecule has 0 saturated heterocycles. The second-order valence-electron chi connectivity index (χ2n) is 11.5. The van der Waals surface area contributed by atoms with Crippen molar-refractivity contribution in [1.29, 1.82) is 0 Å². The number of aromatic carboxylic acids is 1. The SMILES string of the molecule is Cc1cc(C(=O)NC2CCC(Oc3ccc4cc(Oc5ccc(C(=O)Nc6ccccc6C(=O)O)cc5)ccc4c3)CC2)cc(Cl)n1. The molecule has 4 aromatic carbocycles. The van der Waals surface area contributed by atoms with Gasteiger partial charge in [0.25, 0.3) is 11.8 Å². The summed E-state index contributed by atoms with van der Waals surface area (Å²) in [5, 5.41) is 17.4. The molecule has 9 nitrogen and oxygen atoms in total. The van der Waals surface area contributed by atoms with Crippen LogP contribution < -0.4 is 20.1 Å². The fraction of sp³-hybridized carbons (Fsp3) is 0.189. The van der Waals surface area contributed by atoms with Crippen LogP contribution >= 0.6 is 11.6 Å². The molecule has 0 radical (unpaired) electrons. The van der Waals surface area contributed by atoms with E-state index in [1.165, 1.54) is 6.07 Å². The van der Waals surface area contributed by atoms with Gasteiger partial charge >= 0.3 is 5.97 Å². The summed E-state index contributed by atoms with van der Waals surface area (Å²) in [6.07, 6.45) is 3.39. The van der Waals surface area contributed by atoms with Crippen LogP contribution in [0.25, 0.3) is 10.8 Å². The first kappa shape index (κ1) is 31.6. The Hall–Kier alpha value is -5.41. The molecule has 1 aliphatic rings. The molecule has 2 amide bonds. The van der Waals surface area contributed by atoms with Crippen LogP contribution in [0.2, 0.25) is 5.15 Å². The zero-order valence-corrected chi connectivity index (χ0v) is 26.3. The number of carboxylic acids is 1. The number of fused-ring (bicyclic) bond motifs is 1. The predicted octanol–water partition coefficient (Wildman–Crippen LogP) is 8.06. The highest BCUT2D eigenvalue weighted by molar-refractivity contribution is 6.29. The van der Waals surface area contributed by atoms with Gasteiger partial charge in [-0.05, 0) is 116 Å². The summed E-state index contributed by atoms with van der Waals surface area (Å²) in [4.78, 5) is 40.9. The number of halogens is 1. The summed E-state index contributed by atoms with van der Waals surface area (Å²) in [6.45, 7) is 1.81. The zero-order chi connectivity index (χ0) is 32.9. The van der Waals surface area contributed by atoms with Crippen LogP contribution in [0.15, 0.2) is 97.1 Å². The molecule has 0 bridgehead atoms. The summed E-state index contributed by atoms with van der Waals surface area (Å²) >= 11 is 6.02. The molecule has 0 unspecified atom stereocenters. The molecule has 10 heteroatoms. The smallest absolute Gasteiger partial charge is 0.337 e. The third-order valence-corrected chi connectivity index (χ3v) is 8.23. The number of ether oxygens (including phenoxy) is 2. The third kappa shape index (κ3) is 7.88. The molecule has 1 heterocycles. The number of carbonyl (C=O) groups excluding carboxylic acids is 2. The number of amides is 2. The molecule has 47 heavy (non-hydrogen) atoms. The van der Waals surface area contributed by atoms with Crippen molar-refractivity contribution in [2.24, 2.45) is 0 Å². The Morgan fingerprint density at radius 1 is 0.766 bits per heavy atom. The Kier molecular flexibility index (Phi) is 9.35. The number of carboxylic acid groups (broad SMARTS) is 1. The lowest BCUT2D eigenvalue weighted by Gasteiger charge is -2.29. The van der Waals surface area contributed by atoms with Crippen molar-refractivity contribution < 1.29 is 29.0 Å². The summed E-state index contributed by atoms with van der Waals surface area (Å²) in [7, 11) is 0. The topological polar surface area (TPSA) is 127 Å². The van der Waals surface area contributed by atoms with Crippen molar-refractivity contribution in [1.82, 2.24) is 10.3 Å². The van der Waals surface area contributed by atoms with Gasteiger partial charge < -0.3 is 25.2 Å². The number of hydrogen-bond acceptors (Lipinski definition) is 6. The number of rotatable bonds is 9. The lowest BCUT2D eigenvalue weighted by Crippen LogP contribution is -2.39. The minimum absolute atomic E-state index is 0.0180. The lowest BCUT2D eigenvalue weighted by molar-refractivity contribution is 0.0697. The molecule has 1 saturated carbocycles. The maximum Gasteiger partial charge on any atom is 0.337 e. The van der Waals surface area contributed by atoms with Gasteiger partial charge in [-0.2, -0.15) is 0 Å². The van der Waals surface area contributed by atoms with Crippen LogP contribution in [0.5, 0.6) is 17.2 Å². The first-order valence-corrected chi connectivity index (χ1v) is 15.6. The monoisotopic (exact) mass is 649 g/mol.